The van der Waals surface area contributed by atoms with E-state index in [1.807, 2.05) is 0 Å². The number of nitrogens with one attached hydrogen (secondary N) is 1. The number of methoxy groups -OCH3 is 1. The second-order valence-electron chi connectivity index (χ2n) is 6.50. The fraction of sp³-hybridized carbons (Fsp3) is 1.00. The van der Waals surface area contributed by atoms with Crippen molar-refractivity contribution >= 4 is 9.84 Å². The summed E-state index contributed by atoms with van der Waals surface area (Å²) in [5, 5.41) is -0.215. The van der Waals surface area contributed by atoms with Crippen LogP contribution in [0.1, 0.15) is 51.4 Å². The van der Waals surface area contributed by atoms with Gasteiger partial charge in [-0.2, -0.15) is 0 Å². The third kappa shape index (κ3) is 3.18. The maximum absolute atomic E-state index is 11.8. The molecular weight excluding hydrogens is 276 g/mol. The Morgan fingerprint density at radius 3 is 2.40 bits per heavy atom. The molecule has 0 aromatic rings. The molecule has 2 aliphatic carbocycles. The van der Waals surface area contributed by atoms with Crippen molar-refractivity contribution < 1.29 is 13.2 Å². The van der Waals surface area contributed by atoms with Crippen molar-refractivity contribution in [2.45, 2.75) is 68.3 Å². The van der Waals surface area contributed by atoms with Gasteiger partial charge in [0, 0.05) is 13.4 Å². The number of sulfone groups is 1. The van der Waals surface area contributed by atoms with E-state index in [9.17, 15) is 8.42 Å². The van der Waals surface area contributed by atoms with Crippen LogP contribution in [-0.4, -0.2) is 38.7 Å². The Balaban J connectivity index is 2.15. The standard InChI is InChI=1S/C14H28N2O3S/c1-19-14(8-3-4-9-14)13(16-15)11-6-5-7-12(10-11)20(2,17)18/h11-13,16H,3-10,15H2,1-2H3. The third-order valence-electron chi connectivity index (χ3n) is 5.35. The summed E-state index contributed by atoms with van der Waals surface area (Å²) in [4.78, 5) is 0. The van der Waals surface area contributed by atoms with Gasteiger partial charge in [-0.15, -0.1) is 0 Å². The van der Waals surface area contributed by atoms with Gasteiger partial charge in [0.2, 0.25) is 0 Å². The molecule has 2 aliphatic rings. The predicted octanol–water partition coefficient (Wildman–Crippen LogP) is 1.38. The first-order valence-corrected chi connectivity index (χ1v) is 9.58. The fourth-order valence-electron chi connectivity index (χ4n) is 4.21. The normalized spacial score (nSPS) is 32.1. The van der Waals surface area contributed by atoms with E-state index in [4.69, 9.17) is 10.6 Å². The predicted molar refractivity (Wildman–Crippen MR) is 79.9 cm³/mol. The molecule has 0 saturated heterocycles. The quantitative estimate of drug-likeness (QED) is 0.592. The van der Waals surface area contributed by atoms with Crippen LogP contribution in [0.2, 0.25) is 0 Å². The number of nitrogens with two attached hydrogens (primary N) is 1. The minimum absolute atomic E-state index is 0.0551. The lowest BCUT2D eigenvalue weighted by Crippen LogP contribution is -2.58. The molecule has 2 rings (SSSR count). The van der Waals surface area contributed by atoms with E-state index in [0.717, 1.165) is 44.9 Å². The lowest BCUT2D eigenvalue weighted by atomic mass is 9.75. The molecule has 0 aromatic heterocycles. The van der Waals surface area contributed by atoms with Crippen molar-refractivity contribution in [2.24, 2.45) is 11.8 Å². The number of hydrazine groups is 1. The van der Waals surface area contributed by atoms with Gasteiger partial charge in [-0.1, -0.05) is 19.3 Å². The minimum atomic E-state index is -2.96. The van der Waals surface area contributed by atoms with Crippen molar-refractivity contribution in [2.75, 3.05) is 13.4 Å². The monoisotopic (exact) mass is 304 g/mol. The second-order valence-corrected chi connectivity index (χ2v) is 8.82. The molecule has 118 valence electrons. The molecule has 0 radical (unpaired) electrons. The van der Waals surface area contributed by atoms with Crippen LogP contribution in [0.5, 0.6) is 0 Å². The van der Waals surface area contributed by atoms with Gasteiger partial charge in [0.05, 0.1) is 16.9 Å². The molecule has 20 heavy (non-hydrogen) atoms. The van der Waals surface area contributed by atoms with E-state index in [1.54, 1.807) is 7.11 Å². The van der Waals surface area contributed by atoms with Gasteiger partial charge in [-0.25, -0.2) is 8.42 Å². The Bertz CT molecular complexity index is 418. The van der Waals surface area contributed by atoms with E-state index in [2.05, 4.69) is 5.43 Å². The van der Waals surface area contributed by atoms with E-state index in [0.29, 0.717) is 6.42 Å². The zero-order valence-electron chi connectivity index (χ0n) is 12.6. The number of hydrogen-bond acceptors (Lipinski definition) is 5. The van der Waals surface area contributed by atoms with Gasteiger partial charge < -0.3 is 4.74 Å². The molecule has 2 fully saturated rings. The lowest BCUT2D eigenvalue weighted by molar-refractivity contribution is -0.0562. The molecule has 2 saturated carbocycles. The first kappa shape index (κ1) is 16.2. The van der Waals surface area contributed by atoms with E-state index < -0.39 is 9.84 Å². The average molecular weight is 304 g/mol. The number of hydrogen-bond donors (Lipinski definition) is 2. The van der Waals surface area contributed by atoms with Gasteiger partial charge in [-0.3, -0.25) is 11.3 Å². The zero-order valence-corrected chi connectivity index (χ0v) is 13.4. The van der Waals surface area contributed by atoms with Crippen LogP contribution in [-0.2, 0) is 14.6 Å². The summed E-state index contributed by atoms with van der Waals surface area (Å²) in [7, 11) is -1.20. The van der Waals surface area contributed by atoms with Gasteiger partial charge in [0.15, 0.2) is 0 Å². The molecule has 5 nitrogen and oxygen atoms in total. The van der Waals surface area contributed by atoms with Crippen LogP contribution >= 0.6 is 0 Å². The van der Waals surface area contributed by atoms with Crippen LogP contribution in [0.15, 0.2) is 0 Å². The molecule has 0 heterocycles. The largest absolute Gasteiger partial charge is 0.377 e. The Kier molecular flexibility index (Phi) is 5.10. The molecule has 0 spiro atoms. The molecule has 0 aromatic carbocycles. The van der Waals surface area contributed by atoms with Crippen molar-refractivity contribution in [1.82, 2.24) is 5.43 Å². The maximum atomic E-state index is 11.8. The highest BCUT2D eigenvalue weighted by molar-refractivity contribution is 7.91. The van der Waals surface area contributed by atoms with Gasteiger partial charge in [-0.05, 0) is 38.0 Å². The van der Waals surface area contributed by atoms with Gasteiger partial charge >= 0.3 is 0 Å². The van der Waals surface area contributed by atoms with Crippen molar-refractivity contribution in [1.29, 1.82) is 0 Å². The van der Waals surface area contributed by atoms with E-state index >= 15 is 0 Å². The molecule has 6 heteroatoms. The highest BCUT2D eigenvalue weighted by atomic mass is 32.2. The summed E-state index contributed by atoms with van der Waals surface area (Å²) in [6.45, 7) is 0. The second kappa shape index (κ2) is 6.30. The van der Waals surface area contributed by atoms with Gasteiger partial charge in [0.1, 0.15) is 9.84 Å². The average Bonchev–Trinajstić information content (AvgIpc) is 2.89. The fourth-order valence-corrected chi connectivity index (χ4v) is 5.40. The summed E-state index contributed by atoms with van der Waals surface area (Å²) in [6, 6.07) is 0.0551. The Morgan fingerprint density at radius 2 is 1.90 bits per heavy atom. The van der Waals surface area contributed by atoms with Crippen molar-refractivity contribution in [3.63, 3.8) is 0 Å². The summed E-state index contributed by atoms with van der Waals surface area (Å²) in [5.41, 5.74) is 2.75. The maximum Gasteiger partial charge on any atom is 0.150 e. The highest BCUT2D eigenvalue weighted by Crippen LogP contribution is 2.42. The molecule has 0 aliphatic heterocycles. The summed E-state index contributed by atoms with van der Waals surface area (Å²) in [6.07, 6.45) is 9.18. The highest BCUT2D eigenvalue weighted by Gasteiger charge is 2.46. The first-order chi connectivity index (χ1) is 9.43. The van der Waals surface area contributed by atoms with Crippen molar-refractivity contribution in [3.8, 4) is 0 Å². The van der Waals surface area contributed by atoms with Crippen LogP contribution in [0.4, 0.5) is 0 Å². The minimum Gasteiger partial charge on any atom is -0.377 e. The zero-order chi connectivity index (χ0) is 14.8. The summed E-state index contributed by atoms with van der Waals surface area (Å²) < 4.78 is 29.5. The van der Waals surface area contributed by atoms with E-state index in [-0.39, 0.29) is 22.8 Å². The third-order valence-corrected chi connectivity index (χ3v) is 6.99. The Hall–Kier alpha value is -0.170. The van der Waals surface area contributed by atoms with Crippen molar-refractivity contribution in [3.05, 3.63) is 0 Å². The van der Waals surface area contributed by atoms with Crippen LogP contribution in [0, 0.1) is 5.92 Å². The molecule has 3 atom stereocenters. The van der Waals surface area contributed by atoms with Crippen LogP contribution < -0.4 is 11.3 Å². The summed E-state index contributed by atoms with van der Waals surface area (Å²) in [5.74, 6) is 6.10. The SMILES string of the molecule is COC1(C(NN)C2CCCC(S(C)(=O)=O)C2)CCCC1. The van der Waals surface area contributed by atoms with E-state index in [1.165, 1.54) is 6.26 Å². The molecule has 3 unspecified atom stereocenters. The molecular formula is C14H28N2O3S. The molecule has 3 N–H and O–H groups in total. The Labute approximate surface area is 122 Å². The van der Waals surface area contributed by atoms with Crippen LogP contribution in [0.3, 0.4) is 0 Å². The number of rotatable bonds is 5. The topological polar surface area (TPSA) is 81.4 Å². The lowest BCUT2D eigenvalue weighted by Gasteiger charge is -2.43. The summed E-state index contributed by atoms with van der Waals surface area (Å²) >= 11 is 0. The Morgan fingerprint density at radius 1 is 1.25 bits per heavy atom. The molecule has 0 amide bonds. The first-order valence-electron chi connectivity index (χ1n) is 7.63. The van der Waals surface area contributed by atoms with Crippen LogP contribution in [0.25, 0.3) is 0 Å². The smallest absolute Gasteiger partial charge is 0.150 e. The van der Waals surface area contributed by atoms with Gasteiger partial charge in [0.25, 0.3) is 0 Å². The number of ether oxygens (including phenoxy) is 1. The molecule has 0 bridgehead atoms.